The van der Waals surface area contributed by atoms with Gasteiger partial charge in [0.15, 0.2) is 0 Å². The van der Waals surface area contributed by atoms with Gasteiger partial charge < -0.3 is 10.6 Å². The molecule has 106 valence electrons. The zero-order chi connectivity index (χ0) is 14.5. The minimum Gasteiger partial charge on any atom is -0.384 e. The fourth-order valence-corrected chi connectivity index (χ4v) is 2.25. The van der Waals surface area contributed by atoms with Crippen molar-refractivity contribution in [3.05, 3.63) is 55.1 Å². The molecule has 0 amide bonds. The van der Waals surface area contributed by atoms with E-state index in [1.807, 2.05) is 36.9 Å². The largest absolute Gasteiger partial charge is 0.384 e. The van der Waals surface area contributed by atoms with Crippen molar-refractivity contribution in [3.8, 4) is 0 Å². The summed E-state index contributed by atoms with van der Waals surface area (Å²) in [4.78, 5) is 8.48. The topological polar surface area (TPSA) is 49.8 Å². The summed E-state index contributed by atoms with van der Waals surface area (Å²) in [7, 11) is 0. The average molecular weight is 278 g/mol. The lowest BCUT2D eigenvalue weighted by atomic mass is 10.1. The molecule has 0 radical (unpaired) electrons. The SMILES string of the molecule is CCCNc1cncc(Nc2cccc3ccncc23)c1. The zero-order valence-electron chi connectivity index (χ0n) is 12.0. The minimum absolute atomic E-state index is 0.948. The van der Waals surface area contributed by atoms with Crippen molar-refractivity contribution in [1.29, 1.82) is 0 Å². The van der Waals surface area contributed by atoms with Crippen molar-refractivity contribution in [2.45, 2.75) is 13.3 Å². The molecule has 2 N–H and O–H groups in total. The van der Waals surface area contributed by atoms with Crippen LogP contribution in [0.1, 0.15) is 13.3 Å². The van der Waals surface area contributed by atoms with E-state index in [4.69, 9.17) is 0 Å². The van der Waals surface area contributed by atoms with Gasteiger partial charge in [0.05, 0.1) is 23.8 Å². The number of nitrogens with one attached hydrogen (secondary N) is 2. The second kappa shape index (κ2) is 6.22. The van der Waals surface area contributed by atoms with Crippen LogP contribution >= 0.6 is 0 Å². The Morgan fingerprint density at radius 3 is 2.81 bits per heavy atom. The lowest BCUT2D eigenvalue weighted by molar-refractivity contribution is 0.978. The Hall–Kier alpha value is -2.62. The summed E-state index contributed by atoms with van der Waals surface area (Å²) in [6.07, 6.45) is 8.44. The molecule has 0 bridgehead atoms. The molecular formula is C17H18N4. The van der Waals surface area contributed by atoms with Crippen molar-refractivity contribution < 1.29 is 0 Å². The monoisotopic (exact) mass is 278 g/mol. The molecule has 0 aliphatic rings. The summed E-state index contributed by atoms with van der Waals surface area (Å²) in [6, 6.07) is 10.3. The molecule has 0 atom stereocenters. The number of aromatic nitrogens is 2. The van der Waals surface area contributed by atoms with Crippen LogP contribution in [-0.2, 0) is 0 Å². The van der Waals surface area contributed by atoms with Crippen molar-refractivity contribution in [3.63, 3.8) is 0 Å². The van der Waals surface area contributed by atoms with Gasteiger partial charge in [-0.2, -0.15) is 0 Å². The normalized spacial score (nSPS) is 10.5. The summed E-state index contributed by atoms with van der Waals surface area (Å²) >= 11 is 0. The Morgan fingerprint density at radius 1 is 1.00 bits per heavy atom. The van der Waals surface area contributed by atoms with Crippen LogP contribution < -0.4 is 10.6 Å². The minimum atomic E-state index is 0.948. The van der Waals surface area contributed by atoms with E-state index in [9.17, 15) is 0 Å². The van der Waals surface area contributed by atoms with E-state index in [1.54, 1.807) is 0 Å². The van der Waals surface area contributed by atoms with Crippen LogP contribution in [0, 0.1) is 0 Å². The molecule has 1 aromatic carbocycles. The van der Waals surface area contributed by atoms with Gasteiger partial charge >= 0.3 is 0 Å². The van der Waals surface area contributed by atoms with Crippen LogP contribution in [0.3, 0.4) is 0 Å². The van der Waals surface area contributed by atoms with Gasteiger partial charge in [0.2, 0.25) is 0 Å². The van der Waals surface area contributed by atoms with Gasteiger partial charge in [-0.3, -0.25) is 9.97 Å². The maximum Gasteiger partial charge on any atom is 0.0591 e. The van der Waals surface area contributed by atoms with Gasteiger partial charge in [0, 0.05) is 30.0 Å². The molecule has 0 unspecified atom stereocenters. The molecule has 0 spiro atoms. The molecule has 3 aromatic rings. The highest BCUT2D eigenvalue weighted by molar-refractivity contribution is 5.94. The molecule has 4 nitrogen and oxygen atoms in total. The molecule has 0 saturated heterocycles. The highest BCUT2D eigenvalue weighted by Crippen LogP contribution is 2.26. The molecular weight excluding hydrogens is 260 g/mol. The molecule has 0 aliphatic heterocycles. The van der Waals surface area contributed by atoms with Crippen molar-refractivity contribution in [2.75, 3.05) is 17.2 Å². The summed E-state index contributed by atoms with van der Waals surface area (Å²) in [5.41, 5.74) is 3.03. The number of hydrogen-bond donors (Lipinski definition) is 2. The lowest BCUT2D eigenvalue weighted by Gasteiger charge is -2.11. The van der Waals surface area contributed by atoms with E-state index in [0.29, 0.717) is 0 Å². The van der Waals surface area contributed by atoms with E-state index < -0.39 is 0 Å². The summed E-state index contributed by atoms with van der Waals surface area (Å²) in [6.45, 7) is 3.09. The maximum absolute atomic E-state index is 4.27. The van der Waals surface area contributed by atoms with Gasteiger partial charge in [0.25, 0.3) is 0 Å². The van der Waals surface area contributed by atoms with Gasteiger partial charge in [-0.05, 0) is 30.0 Å². The molecule has 4 heteroatoms. The summed E-state index contributed by atoms with van der Waals surface area (Å²) in [5.74, 6) is 0. The first-order chi connectivity index (χ1) is 10.4. The highest BCUT2D eigenvalue weighted by atomic mass is 14.9. The Labute approximate surface area is 124 Å². The average Bonchev–Trinajstić information content (AvgIpc) is 2.54. The van der Waals surface area contributed by atoms with Crippen LogP contribution in [0.5, 0.6) is 0 Å². The van der Waals surface area contributed by atoms with Gasteiger partial charge in [-0.15, -0.1) is 0 Å². The maximum atomic E-state index is 4.27. The second-order valence-electron chi connectivity index (χ2n) is 4.92. The van der Waals surface area contributed by atoms with Crippen LogP contribution in [0.25, 0.3) is 10.8 Å². The van der Waals surface area contributed by atoms with E-state index >= 15 is 0 Å². The number of rotatable bonds is 5. The van der Waals surface area contributed by atoms with E-state index in [2.05, 4.69) is 45.7 Å². The molecule has 3 rings (SSSR count). The van der Waals surface area contributed by atoms with Crippen LogP contribution in [0.2, 0.25) is 0 Å². The van der Waals surface area contributed by atoms with Crippen molar-refractivity contribution >= 4 is 27.8 Å². The standard InChI is InChI=1S/C17H18N4/c1-2-7-20-14-9-15(11-19-10-14)21-17-5-3-4-13-6-8-18-12-16(13)17/h3-6,8-12,20-21H,2,7H2,1H3. The lowest BCUT2D eigenvalue weighted by Crippen LogP contribution is -2.01. The van der Waals surface area contributed by atoms with E-state index in [0.717, 1.165) is 35.4 Å². The zero-order valence-corrected chi connectivity index (χ0v) is 12.0. The van der Waals surface area contributed by atoms with Crippen LogP contribution in [-0.4, -0.2) is 16.5 Å². The fourth-order valence-electron chi connectivity index (χ4n) is 2.25. The van der Waals surface area contributed by atoms with Crippen LogP contribution in [0.15, 0.2) is 55.1 Å². The number of fused-ring (bicyclic) bond motifs is 1. The Bertz CT molecular complexity index is 734. The number of nitrogens with zero attached hydrogens (tertiary/aromatic N) is 2. The number of hydrogen-bond acceptors (Lipinski definition) is 4. The summed E-state index contributed by atoms with van der Waals surface area (Å²) in [5, 5.41) is 9.04. The van der Waals surface area contributed by atoms with Crippen molar-refractivity contribution in [2.24, 2.45) is 0 Å². The Kier molecular flexibility index (Phi) is 3.96. The van der Waals surface area contributed by atoms with Gasteiger partial charge in [0.1, 0.15) is 0 Å². The van der Waals surface area contributed by atoms with E-state index in [1.165, 1.54) is 5.39 Å². The third-order valence-electron chi connectivity index (χ3n) is 3.28. The second-order valence-corrected chi connectivity index (χ2v) is 4.92. The van der Waals surface area contributed by atoms with E-state index in [-0.39, 0.29) is 0 Å². The molecule has 0 aliphatic carbocycles. The number of pyridine rings is 2. The molecule has 2 aromatic heterocycles. The summed E-state index contributed by atoms with van der Waals surface area (Å²) < 4.78 is 0. The molecule has 2 heterocycles. The fraction of sp³-hybridized carbons (Fsp3) is 0.176. The first-order valence-corrected chi connectivity index (χ1v) is 7.15. The van der Waals surface area contributed by atoms with Gasteiger partial charge in [-0.1, -0.05) is 19.1 Å². The smallest absolute Gasteiger partial charge is 0.0591 e. The molecule has 0 fully saturated rings. The van der Waals surface area contributed by atoms with Crippen molar-refractivity contribution in [1.82, 2.24) is 9.97 Å². The quantitative estimate of drug-likeness (QED) is 0.734. The Morgan fingerprint density at radius 2 is 1.90 bits per heavy atom. The molecule has 0 saturated carbocycles. The van der Waals surface area contributed by atoms with Gasteiger partial charge in [-0.25, -0.2) is 0 Å². The first kappa shape index (κ1) is 13.4. The highest BCUT2D eigenvalue weighted by Gasteiger charge is 2.02. The molecule has 21 heavy (non-hydrogen) atoms. The predicted molar refractivity (Wildman–Crippen MR) is 88.0 cm³/mol. The number of anilines is 3. The third-order valence-corrected chi connectivity index (χ3v) is 3.28. The first-order valence-electron chi connectivity index (χ1n) is 7.15. The Balaban J connectivity index is 1.88. The predicted octanol–water partition coefficient (Wildman–Crippen LogP) is 4.20. The van der Waals surface area contributed by atoms with Crippen LogP contribution in [0.4, 0.5) is 17.1 Å². The third kappa shape index (κ3) is 3.11. The number of benzene rings is 1.